The molecule has 1 amide bonds. The Bertz CT molecular complexity index is 1380. The first-order valence-electron chi connectivity index (χ1n) is 11.0. The molecule has 0 fully saturated rings. The van der Waals surface area contributed by atoms with E-state index >= 15 is 0 Å². The molecule has 8 nitrogen and oxygen atoms in total. The lowest BCUT2D eigenvalue weighted by atomic mass is 10.1. The number of nitrogens with zero attached hydrogens (tertiary/aromatic N) is 2. The zero-order chi connectivity index (χ0) is 24.9. The molecule has 0 aliphatic rings. The molecule has 4 rings (SSSR count). The van der Waals surface area contributed by atoms with Gasteiger partial charge in [-0.3, -0.25) is 14.2 Å². The van der Waals surface area contributed by atoms with Gasteiger partial charge in [0.25, 0.3) is 5.56 Å². The molecule has 0 unspecified atom stereocenters. The first-order chi connectivity index (χ1) is 16.9. The highest BCUT2D eigenvalue weighted by molar-refractivity contribution is 7.17. The van der Waals surface area contributed by atoms with E-state index in [2.05, 4.69) is 10.3 Å². The molecule has 0 saturated heterocycles. The maximum absolute atomic E-state index is 13.2. The number of aromatic nitrogens is 2. The van der Waals surface area contributed by atoms with E-state index in [0.717, 1.165) is 22.3 Å². The Morgan fingerprint density at radius 1 is 1.06 bits per heavy atom. The summed E-state index contributed by atoms with van der Waals surface area (Å²) in [5.41, 5.74) is 3.64. The van der Waals surface area contributed by atoms with Gasteiger partial charge in [0.05, 0.1) is 33.0 Å². The number of nitrogens with one attached hydrogen (secondary N) is 1. The van der Waals surface area contributed by atoms with E-state index in [-0.39, 0.29) is 31.0 Å². The van der Waals surface area contributed by atoms with Gasteiger partial charge in [0.15, 0.2) is 11.5 Å². The van der Waals surface area contributed by atoms with Crippen molar-refractivity contribution in [1.29, 1.82) is 0 Å². The van der Waals surface area contributed by atoms with Gasteiger partial charge in [-0.2, -0.15) is 0 Å². The Morgan fingerprint density at radius 3 is 2.37 bits per heavy atom. The van der Waals surface area contributed by atoms with Crippen LogP contribution in [0.3, 0.4) is 0 Å². The minimum atomic E-state index is -0.185. The van der Waals surface area contributed by atoms with E-state index in [1.165, 1.54) is 29.3 Å². The predicted molar refractivity (Wildman–Crippen MR) is 137 cm³/mol. The molecule has 9 heteroatoms. The van der Waals surface area contributed by atoms with E-state index in [1.807, 2.05) is 36.6 Å². The number of carbonyl (C=O) groups is 1. The zero-order valence-electron chi connectivity index (χ0n) is 20.1. The van der Waals surface area contributed by atoms with Gasteiger partial charge in [-0.15, -0.1) is 11.3 Å². The van der Waals surface area contributed by atoms with Crippen LogP contribution in [0.15, 0.2) is 52.9 Å². The highest BCUT2D eigenvalue weighted by Crippen LogP contribution is 2.38. The molecule has 0 spiro atoms. The predicted octanol–water partition coefficient (Wildman–Crippen LogP) is 4.17. The third-order valence-electron chi connectivity index (χ3n) is 5.72. The first kappa shape index (κ1) is 24.3. The van der Waals surface area contributed by atoms with E-state index < -0.39 is 0 Å². The monoisotopic (exact) mass is 493 g/mol. The van der Waals surface area contributed by atoms with Gasteiger partial charge < -0.3 is 19.5 Å². The normalized spacial score (nSPS) is 10.9. The fraction of sp³-hybridized carbons (Fsp3) is 0.269. The van der Waals surface area contributed by atoms with E-state index in [9.17, 15) is 9.59 Å². The van der Waals surface area contributed by atoms with Crippen LogP contribution in [-0.4, -0.2) is 36.8 Å². The third kappa shape index (κ3) is 5.14. The van der Waals surface area contributed by atoms with Crippen LogP contribution in [0, 0.1) is 6.92 Å². The minimum absolute atomic E-state index is 0.140. The van der Waals surface area contributed by atoms with Gasteiger partial charge >= 0.3 is 0 Å². The lowest BCUT2D eigenvalue weighted by molar-refractivity contribution is -0.121. The summed E-state index contributed by atoms with van der Waals surface area (Å²) in [6.45, 7) is 2.53. The highest BCUT2D eigenvalue weighted by atomic mass is 32.1. The highest BCUT2D eigenvalue weighted by Gasteiger charge is 2.15. The van der Waals surface area contributed by atoms with E-state index in [4.69, 9.17) is 14.2 Å². The molecule has 0 saturated carbocycles. The number of ether oxygens (including phenoxy) is 3. The molecule has 1 N–H and O–H groups in total. The van der Waals surface area contributed by atoms with Gasteiger partial charge in [0, 0.05) is 30.5 Å². The SMILES string of the molecule is COc1cc(CNC(=O)CCn2cnc3scc(-c4ccc(C)cc4)c3c2=O)cc(OC)c1OC. The number of thiophene rings is 1. The van der Waals surface area contributed by atoms with Gasteiger partial charge in [-0.25, -0.2) is 4.98 Å². The second-order valence-corrected chi connectivity index (χ2v) is 8.86. The summed E-state index contributed by atoms with van der Waals surface area (Å²) in [5, 5.41) is 5.42. The van der Waals surface area contributed by atoms with Crippen LogP contribution in [0.2, 0.25) is 0 Å². The molecular weight excluding hydrogens is 466 g/mol. The molecule has 2 aromatic heterocycles. The number of rotatable bonds is 9. The van der Waals surface area contributed by atoms with Crippen molar-refractivity contribution in [3.05, 3.63) is 69.6 Å². The van der Waals surface area contributed by atoms with Gasteiger partial charge in [-0.05, 0) is 30.2 Å². The molecule has 35 heavy (non-hydrogen) atoms. The Balaban J connectivity index is 1.46. The van der Waals surface area contributed by atoms with Crippen molar-refractivity contribution in [3.8, 4) is 28.4 Å². The van der Waals surface area contributed by atoms with Crippen molar-refractivity contribution >= 4 is 27.5 Å². The second-order valence-electron chi connectivity index (χ2n) is 8.00. The van der Waals surface area contributed by atoms with Crippen molar-refractivity contribution in [2.45, 2.75) is 26.4 Å². The summed E-state index contributed by atoms with van der Waals surface area (Å²) in [7, 11) is 4.62. The summed E-state index contributed by atoms with van der Waals surface area (Å²) in [5.74, 6) is 1.34. The molecule has 0 bridgehead atoms. The van der Waals surface area contributed by atoms with E-state index in [1.54, 1.807) is 26.4 Å². The maximum atomic E-state index is 13.2. The van der Waals surface area contributed by atoms with Crippen LogP contribution < -0.4 is 25.1 Å². The summed E-state index contributed by atoms with van der Waals surface area (Å²) >= 11 is 1.44. The van der Waals surface area contributed by atoms with Gasteiger partial charge in [0.2, 0.25) is 11.7 Å². The number of fused-ring (bicyclic) bond motifs is 1. The lowest BCUT2D eigenvalue weighted by Gasteiger charge is -2.14. The van der Waals surface area contributed by atoms with E-state index in [0.29, 0.717) is 27.5 Å². The number of hydrogen-bond acceptors (Lipinski definition) is 7. The Morgan fingerprint density at radius 2 is 1.74 bits per heavy atom. The van der Waals surface area contributed by atoms with Crippen molar-refractivity contribution in [2.24, 2.45) is 0 Å². The number of methoxy groups -OCH3 is 3. The molecule has 0 aliphatic heterocycles. The largest absolute Gasteiger partial charge is 0.493 e. The van der Waals surface area contributed by atoms with Crippen molar-refractivity contribution in [2.75, 3.05) is 21.3 Å². The minimum Gasteiger partial charge on any atom is -0.493 e. The van der Waals surface area contributed by atoms with Crippen molar-refractivity contribution in [1.82, 2.24) is 14.9 Å². The molecule has 2 aromatic carbocycles. The maximum Gasteiger partial charge on any atom is 0.262 e. The molecule has 0 atom stereocenters. The molecular formula is C26H27N3O5S. The zero-order valence-corrected chi connectivity index (χ0v) is 20.9. The summed E-state index contributed by atoms with van der Waals surface area (Å²) in [4.78, 5) is 30.9. The van der Waals surface area contributed by atoms with Gasteiger partial charge in [0.1, 0.15) is 4.83 Å². The average molecular weight is 494 g/mol. The number of benzene rings is 2. The summed E-state index contributed by atoms with van der Waals surface area (Å²) in [6.07, 6.45) is 1.65. The number of aryl methyl sites for hydroxylation is 2. The molecule has 0 aliphatic carbocycles. The molecule has 2 heterocycles. The first-order valence-corrected chi connectivity index (χ1v) is 11.9. The van der Waals surface area contributed by atoms with Crippen molar-refractivity contribution in [3.63, 3.8) is 0 Å². The lowest BCUT2D eigenvalue weighted by Crippen LogP contribution is -2.27. The third-order valence-corrected chi connectivity index (χ3v) is 6.60. The standard InChI is InChI=1S/C26H27N3O5S/c1-16-5-7-18(8-6-16)19-14-35-25-23(19)26(31)29(15-28-25)10-9-22(30)27-13-17-11-20(32-2)24(34-4)21(12-17)33-3/h5-8,11-12,14-15H,9-10,13H2,1-4H3,(H,27,30). The fourth-order valence-electron chi connectivity index (χ4n) is 3.82. The summed E-state index contributed by atoms with van der Waals surface area (Å²) < 4.78 is 17.5. The topological polar surface area (TPSA) is 91.7 Å². The quantitative estimate of drug-likeness (QED) is 0.376. The summed E-state index contributed by atoms with van der Waals surface area (Å²) in [6, 6.07) is 11.6. The van der Waals surface area contributed by atoms with Gasteiger partial charge in [-0.1, -0.05) is 29.8 Å². The van der Waals surface area contributed by atoms with Crippen LogP contribution >= 0.6 is 11.3 Å². The fourth-order valence-corrected chi connectivity index (χ4v) is 4.73. The number of amides is 1. The smallest absolute Gasteiger partial charge is 0.262 e. The van der Waals surface area contributed by atoms with Crippen LogP contribution in [0.1, 0.15) is 17.5 Å². The second kappa shape index (κ2) is 10.6. The van der Waals surface area contributed by atoms with Crippen LogP contribution in [0.5, 0.6) is 17.2 Å². The Hall–Kier alpha value is -3.85. The molecule has 182 valence electrons. The van der Waals surface area contributed by atoms with Crippen molar-refractivity contribution < 1.29 is 19.0 Å². The number of carbonyl (C=O) groups excluding carboxylic acids is 1. The Labute approximate surface area is 207 Å². The van der Waals surface area contributed by atoms with Crippen LogP contribution in [0.4, 0.5) is 0 Å². The molecule has 0 radical (unpaired) electrons. The Kier molecular flexibility index (Phi) is 7.36. The molecule has 4 aromatic rings. The van der Waals surface area contributed by atoms with Crippen LogP contribution in [0.25, 0.3) is 21.3 Å². The van der Waals surface area contributed by atoms with Crippen LogP contribution in [-0.2, 0) is 17.9 Å². The average Bonchev–Trinajstić information content (AvgIpc) is 3.31. The number of hydrogen-bond donors (Lipinski definition) is 1.